The molecule has 0 unspecified atom stereocenters. The van der Waals surface area contributed by atoms with Crippen molar-refractivity contribution >= 4 is 29.2 Å². The summed E-state index contributed by atoms with van der Waals surface area (Å²) >= 11 is 1.30. The Kier molecular flexibility index (Phi) is 10.4. The van der Waals surface area contributed by atoms with Gasteiger partial charge in [0.15, 0.2) is 11.5 Å². The fourth-order valence-corrected chi connectivity index (χ4v) is 7.68. The minimum Gasteiger partial charge on any atom is -0.508 e. The van der Waals surface area contributed by atoms with Crippen LogP contribution in [0.2, 0.25) is 0 Å². The number of rotatable bonds is 11. The highest BCUT2D eigenvalue weighted by Gasteiger charge is 2.39. The van der Waals surface area contributed by atoms with Crippen LogP contribution in [-0.2, 0) is 25.7 Å². The second kappa shape index (κ2) is 13.8. The second-order valence-corrected chi connectivity index (χ2v) is 14.2. The summed E-state index contributed by atoms with van der Waals surface area (Å²) in [6.45, 7) is 11.1. The van der Waals surface area contributed by atoms with Gasteiger partial charge in [-0.3, -0.25) is 9.59 Å². The second-order valence-electron chi connectivity index (χ2n) is 13.2. The van der Waals surface area contributed by atoms with Gasteiger partial charge in [0.05, 0.1) is 13.5 Å². The maximum atomic E-state index is 12.7. The zero-order valence-electron chi connectivity index (χ0n) is 26.5. The summed E-state index contributed by atoms with van der Waals surface area (Å²) in [5, 5.41) is 12.0. The van der Waals surface area contributed by atoms with E-state index in [0.29, 0.717) is 16.5 Å². The molecule has 1 amide bonds. The van der Waals surface area contributed by atoms with Gasteiger partial charge in [-0.15, -0.1) is 11.3 Å². The van der Waals surface area contributed by atoms with E-state index >= 15 is 0 Å². The smallest absolute Gasteiger partial charge is 0.351 e. The molecule has 236 valence electrons. The van der Waals surface area contributed by atoms with Crippen LogP contribution in [0.25, 0.3) is 10.4 Å². The Morgan fingerprint density at radius 1 is 1.02 bits per heavy atom. The quantitative estimate of drug-likeness (QED) is 0.219. The van der Waals surface area contributed by atoms with Crippen LogP contribution in [0.3, 0.4) is 0 Å². The number of thiophene rings is 1. The normalized spacial score (nSPS) is 15.8. The molecule has 2 aromatic carbocycles. The molecule has 4 rings (SSSR count). The van der Waals surface area contributed by atoms with E-state index in [4.69, 9.17) is 14.2 Å². The predicted molar refractivity (Wildman–Crippen MR) is 171 cm³/mol. The van der Waals surface area contributed by atoms with Crippen LogP contribution in [0.15, 0.2) is 48.5 Å². The first-order chi connectivity index (χ1) is 20.8. The van der Waals surface area contributed by atoms with Crippen LogP contribution in [0.1, 0.15) is 85.7 Å². The van der Waals surface area contributed by atoms with Crippen LogP contribution in [0.4, 0.5) is 0 Å². The molecule has 3 aromatic rings. The SMILES string of the molecule is COC(=O)c1sc(-c2cccc(C3CC(C)(C)CC(C)(C)C3)c2)c(C)c1OCC(=O)NCCC(=O)OCc1ccc(O)cc1. The van der Waals surface area contributed by atoms with Gasteiger partial charge in [0.2, 0.25) is 0 Å². The maximum absolute atomic E-state index is 12.7. The van der Waals surface area contributed by atoms with E-state index in [1.165, 1.54) is 42.6 Å². The molecule has 0 atom stereocenters. The zero-order chi connectivity index (χ0) is 32.1. The van der Waals surface area contributed by atoms with Crippen molar-refractivity contribution in [2.75, 3.05) is 20.3 Å². The molecule has 0 aliphatic heterocycles. The van der Waals surface area contributed by atoms with Crippen molar-refractivity contribution in [3.63, 3.8) is 0 Å². The van der Waals surface area contributed by atoms with Crippen molar-refractivity contribution in [2.45, 2.75) is 72.8 Å². The van der Waals surface area contributed by atoms with Crippen molar-refractivity contribution in [3.05, 3.63) is 70.1 Å². The number of hydrogen-bond donors (Lipinski definition) is 2. The van der Waals surface area contributed by atoms with E-state index in [9.17, 15) is 19.5 Å². The monoisotopic (exact) mass is 621 g/mol. The number of ether oxygens (including phenoxy) is 3. The average molecular weight is 622 g/mol. The number of aromatic hydroxyl groups is 1. The number of amides is 1. The van der Waals surface area contributed by atoms with Gasteiger partial charge >= 0.3 is 11.9 Å². The molecule has 8 nitrogen and oxygen atoms in total. The van der Waals surface area contributed by atoms with Gasteiger partial charge in [-0.25, -0.2) is 4.79 Å². The topological polar surface area (TPSA) is 111 Å². The number of hydrogen-bond acceptors (Lipinski definition) is 8. The van der Waals surface area contributed by atoms with Crippen molar-refractivity contribution in [2.24, 2.45) is 10.8 Å². The van der Waals surface area contributed by atoms with Crippen LogP contribution in [-0.4, -0.2) is 43.2 Å². The van der Waals surface area contributed by atoms with Crippen molar-refractivity contribution in [1.82, 2.24) is 5.32 Å². The molecular formula is C35H43NO7S. The molecule has 1 fully saturated rings. The molecule has 1 heterocycles. The minimum absolute atomic E-state index is 0.00936. The highest BCUT2D eigenvalue weighted by atomic mass is 32.1. The molecule has 1 aliphatic rings. The number of carbonyl (C=O) groups is 3. The van der Waals surface area contributed by atoms with E-state index in [-0.39, 0.29) is 42.8 Å². The molecule has 0 spiro atoms. The highest BCUT2D eigenvalue weighted by molar-refractivity contribution is 7.18. The summed E-state index contributed by atoms with van der Waals surface area (Å²) < 4.78 is 16.1. The molecule has 0 saturated heterocycles. The average Bonchev–Trinajstić information content (AvgIpc) is 3.29. The molecule has 1 saturated carbocycles. The number of phenols is 1. The van der Waals surface area contributed by atoms with Gasteiger partial charge in [-0.2, -0.15) is 0 Å². The van der Waals surface area contributed by atoms with Gasteiger partial charge < -0.3 is 24.6 Å². The van der Waals surface area contributed by atoms with Crippen molar-refractivity contribution < 1.29 is 33.7 Å². The molecule has 1 aromatic heterocycles. The zero-order valence-corrected chi connectivity index (χ0v) is 27.3. The fourth-order valence-electron chi connectivity index (χ4n) is 6.51. The Labute approximate surface area is 263 Å². The lowest BCUT2D eigenvalue weighted by Gasteiger charge is -2.45. The van der Waals surface area contributed by atoms with E-state index in [0.717, 1.165) is 34.4 Å². The first kappa shape index (κ1) is 33.1. The third-order valence-corrected chi connectivity index (χ3v) is 9.27. The molecule has 9 heteroatoms. The number of nitrogens with one attached hydrogen (secondary N) is 1. The lowest BCUT2D eigenvalue weighted by molar-refractivity contribution is -0.144. The number of methoxy groups -OCH3 is 1. The van der Waals surface area contributed by atoms with E-state index in [2.05, 4.69) is 51.2 Å². The summed E-state index contributed by atoms with van der Waals surface area (Å²) in [4.78, 5) is 38.5. The number of esters is 2. The van der Waals surface area contributed by atoms with E-state index < -0.39 is 17.8 Å². The predicted octanol–water partition coefficient (Wildman–Crippen LogP) is 7.16. The van der Waals surface area contributed by atoms with Gasteiger partial charge in [0, 0.05) is 17.0 Å². The first-order valence-corrected chi connectivity index (χ1v) is 15.7. The Balaban J connectivity index is 1.39. The first-order valence-electron chi connectivity index (χ1n) is 14.9. The molecule has 0 bridgehead atoms. The highest BCUT2D eigenvalue weighted by Crippen LogP contribution is 2.52. The summed E-state index contributed by atoms with van der Waals surface area (Å²) in [5.41, 5.74) is 4.32. The third kappa shape index (κ3) is 8.62. The number of carbonyl (C=O) groups excluding carboxylic acids is 3. The number of benzene rings is 2. The Hall–Kier alpha value is -3.85. The summed E-state index contributed by atoms with van der Waals surface area (Å²) in [6, 6.07) is 14.9. The standard InChI is InChI=1S/C35H43NO7S/c1-22-30(43-20-28(38)36-15-14-29(39)42-19-23-10-12-27(37)13-11-23)32(33(40)41-6)44-31(22)25-9-7-8-24(16-25)26-17-34(2,3)21-35(4,5)18-26/h7-13,16,26,37H,14-15,17-21H2,1-6H3,(H,36,38). The van der Waals surface area contributed by atoms with Gasteiger partial charge in [0.1, 0.15) is 18.1 Å². The fraction of sp³-hybridized carbons (Fsp3) is 0.457. The van der Waals surface area contributed by atoms with Gasteiger partial charge in [-0.1, -0.05) is 64.1 Å². The Bertz CT molecular complexity index is 1470. The van der Waals surface area contributed by atoms with E-state index in [1.54, 1.807) is 12.1 Å². The lowest BCUT2D eigenvalue weighted by atomic mass is 9.60. The summed E-state index contributed by atoms with van der Waals surface area (Å²) in [5.74, 6) is -0.515. The Morgan fingerprint density at radius 3 is 2.36 bits per heavy atom. The molecule has 0 radical (unpaired) electrons. The molecular weight excluding hydrogens is 578 g/mol. The minimum atomic E-state index is -0.525. The molecule has 2 N–H and O–H groups in total. The van der Waals surface area contributed by atoms with Crippen molar-refractivity contribution in [3.8, 4) is 21.9 Å². The largest absolute Gasteiger partial charge is 0.508 e. The molecule has 44 heavy (non-hydrogen) atoms. The Morgan fingerprint density at radius 2 is 1.70 bits per heavy atom. The maximum Gasteiger partial charge on any atom is 0.351 e. The molecule has 1 aliphatic carbocycles. The third-order valence-electron chi connectivity index (χ3n) is 7.97. The van der Waals surface area contributed by atoms with Crippen LogP contribution >= 0.6 is 11.3 Å². The number of phenolic OH excluding ortho intramolecular Hbond substituents is 1. The van der Waals surface area contributed by atoms with E-state index in [1.807, 2.05) is 13.0 Å². The van der Waals surface area contributed by atoms with Crippen molar-refractivity contribution in [1.29, 1.82) is 0 Å². The van der Waals surface area contributed by atoms with Gasteiger partial charge in [-0.05, 0) is 71.8 Å². The van der Waals surface area contributed by atoms with Crippen LogP contribution in [0, 0.1) is 17.8 Å². The van der Waals surface area contributed by atoms with Gasteiger partial charge in [0.25, 0.3) is 5.91 Å². The summed E-state index contributed by atoms with van der Waals surface area (Å²) in [6.07, 6.45) is 3.43. The lowest BCUT2D eigenvalue weighted by Crippen LogP contribution is -2.32. The van der Waals surface area contributed by atoms with Crippen LogP contribution in [0.5, 0.6) is 11.5 Å². The van der Waals surface area contributed by atoms with Crippen LogP contribution < -0.4 is 10.1 Å². The summed E-state index contributed by atoms with van der Waals surface area (Å²) in [7, 11) is 1.32.